The topological polar surface area (TPSA) is 485 Å². The zero-order valence-electron chi connectivity index (χ0n) is 65.9. The van der Waals surface area contributed by atoms with Crippen molar-refractivity contribution in [2.45, 2.75) is 188 Å². The van der Waals surface area contributed by atoms with Gasteiger partial charge in [-0.3, -0.25) is 19.2 Å². The fraction of sp³-hybridized carbons (Fsp3) is 0.350. The Bertz CT molecular complexity index is 4420. The highest BCUT2D eigenvalue weighted by molar-refractivity contribution is 6.01. The van der Waals surface area contributed by atoms with Gasteiger partial charge in [-0.05, 0) is 273 Å². The van der Waals surface area contributed by atoms with Crippen LogP contribution in [0, 0.1) is 76.2 Å². The predicted molar refractivity (Wildman–Crippen MR) is 436 cm³/mol. The molecule has 8 rings (SSSR count). The molecule has 0 bridgehead atoms. The highest BCUT2D eigenvalue weighted by Gasteiger charge is 2.53. The Morgan fingerprint density at radius 1 is 0.330 bits per heavy atom. The van der Waals surface area contributed by atoms with Crippen LogP contribution in [-0.2, 0) is 24.4 Å². The third-order valence-electron chi connectivity index (χ3n) is 18.5. The molecule has 0 spiro atoms. The van der Waals surface area contributed by atoms with E-state index in [9.17, 15) is 58.7 Å². The second kappa shape index (κ2) is 38.9. The largest absolute Gasteiger partial charge is 0.426 e. The number of ketones is 4. The number of halogens is 9. The molecule has 29 heteroatoms. The number of Topliss-reactive ketones (excluding diaryl/α,β-unsaturated/α-hetero) is 4. The summed E-state index contributed by atoms with van der Waals surface area (Å²) in [6, 6.07) is 17.5. The first-order chi connectivity index (χ1) is 49.6. The number of carbonyl (C=O) groups excluding carboxylic acids is 4. The van der Waals surface area contributed by atoms with Gasteiger partial charge in [0.2, 0.25) is 5.67 Å². The van der Waals surface area contributed by atoms with Gasteiger partial charge < -0.3 is 91.7 Å². The summed E-state index contributed by atoms with van der Waals surface area (Å²) in [6.45, 7) is 34.5. The number of rotatable bonds is 10. The van der Waals surface area contributed by atoms with Gasteiger partial charge in [0.25, 0.3) is 5.92 Å². The van der Waals surface area contributed by atoms with Crippen molar-refractivity contribution >= 4 is 114 Å². The van der Waals surface area contributed by atoms with Crippen molar-refractivity contribution in [3.8, 4) is 0 Å². The minimum Gasteiger partial charge on any atom is -0.398 e. The summed E-state index contributed by atoms with van der Waals surface area (Å²) in [5.41, 5.74) is 109. The minimum atomic E-state index is -5.00. The van der Waals surface area contributed by atoms with Crippen LogP contribution in [0.1, 0.15) is 205 Å². The molecule has 32 N–H and O–H groups in total. The van der Waals surface area contributed by atoms with E-state index in [0.717, 1.165) is 93.6 Å². The Hall–Kier alpha value is -11.4. The molecule has 0 fully saturated rings. The molecule has 0 amide bonds. The monoisotopic (exact) mass is 1530 g/mol. The summed E-state index contributed by atoms with van der Waals surface area (Å²) in [5.74, 6) is -3.47. The summed E-state index contributed by atoms with van der Waals surface area (Å²) < 4.78 is 113. The number of anilines is 16. The fourth-order valence-corrected chi connectivity index (χ4v) is 10.5. The van der Waals surface area contributed by atoms with Crippen LogP contribution >= 0.6 is 0 Å². The van der Waals surface area contributed by atoms with Gasteiger partial charge in [0, 0.05) is 131 Å². The average Bonchev–Trinajstić information content (AvgIpc) is 0.784. The van der Waals surface area contributed by atoms with Crippen LogP contribution in [0.5, 0.6) is 0 Å². The van der Waals surface area contributed by atoms with Gasteiger partial charge in [0.15, 0.2) is 23.1 Å². The summed E-state index contributed by atoms with van der Waals surface area (Å²) in [4.78, 5) is 44.6. The quantitative estimate of drug-likeness (QED) is 0.0343. The molecular formula is C80H111F9N16O4. The molecule has 0 saturated heterocycles. The lowest BCUT2D eigenvalue weighted by Gasteiger charge is -2.25. The molecule has 8 aromatic carbocycles. The normalized spacial score (nSPS) is 11.4. The second-order valence-electron chi connectivity index (χ2n) is 27.0. The van der Waals surface area contributed by atoms with E-state index in [1.54, 1.807) is 45.0 Å². The molecule has 20 nitrogen and oxygen atoms in total. The van der Waals surface area contributed by atoms with Gasteiger partial charge in [0.1, 0.15) is 6.42 Å². The Morgan fingerprint density at radius 3 is 0.835 bits per heavy atom. The van der Waals surface area contributed by atoms with E-state index >= 15 is 0 Å². The highest BCUT2D eigenvalue weighted by Crippen LogP contribution is 2.44. The van der Waals surface area contributed by atoms with Crippen molar-refractivity contribution in [2.75, 3.05) is 91.7 Å². The minimum absolute atomic E-state index is 0.0124. The van der Waals surface area contributed by atoms with Crippen LogP contribution < -0.4 is 91.7 Å². The molecule has 109 heavy (non-hydrogen) atoms. The lowest BCUT2D eigenvalue weighted by molar-refractivity contribution is -0.228. The van der Waals surface area contributed by atoms with Crippen molar-refractivity contribution in [2.24, 2.45) is 0 Å². The molecule has 0 saturated carbocycles. The van der Waals surface area contributed by atoms with Crippen LogP contribution in [0.2, 0.25) is 0 Å². The van der Waals surface area contributed by atoms with E-state index in [2.05, 4.69) is 34.6 Å². The smallest absolute Gasteiger partial charge is 0.398 e. The highest BCUT2D eigenvalue weighted by atomic mass is 19.4. The van der Waals surface area contributed by atoms with Gasteiger partial charge in [0.05, 0.1) is 0 Å². The van der Waals surface area contributed by atoms with Crippen LogP contribution in [-0.4, -0.2) is 35.5 Å². The summed E-state index contributed by atoms with van der Waals surface area (Å²) >= 11 is 0. The summed E-state index contributed by atoms with van der Waals surface area (Å²) in [7, 11) is 0. The predicted octanol–water partition coefficient (Wildman–Crippen LogP) is 17.1. The van der Waals surface area contributed by atoms with Crippen molar-refractivity contribution in [1.82, 2.24) is 0 Å². The van der Waals surface area contributed by atoms with Gasteiger partial charge in [-0.15, -0.1) is 0 Å². The Morgan fingerprint density at radius 2 is 0.587 bits per heavy atom. The Kier molecular flexibility index (Phi) is 34.2. The molecule has 1 unspecified atom stereocenters. The van der Waals surface area contributed by atoms with E-state index in [-0.39, 0.29) is 51.2 Å². The maximum atomic E-state index is 13.6. The van der Waals surface area contributed by atoms with E-state index in [1.165, 1.54) is 67.3 Å². The maximum Gasteiger partial charge on any atom is 0.426 e. The van der Waals surface area contributed by atoms with Crippen LogP contribution in [0.25, 0.3) is 0 Å². The lowest BCUT2D eigenvalue weighted by atomic mass is 9.93. The van der Waals surface area contributed by atoms with Crippen molar-refractivity contribution < 1.29 is 58.7 Å². The second-order valence-corrected chi connectivity index (χ2v) is 27.0. The number of benzene rings is 8. The number of nitrogen functional groups attached to an aromatic ring is 16. The van der Waals surface area contributed by atoms with Crippen molar-refractivity contribution in [3.05, 3.63) is 184 Å². The number of alkyl halides is 9. The molecular weight excluding hydrogens is 1420 g/mol. The van der Waals surface area contributed by atoms with E-state index < -0.39 is 41.7 Å². The van der Waals surface area contributed by atoms with Crippen molar-refractivity contribution in [3.63, 3.8) is 0 Å². The molecule has 0 aliphatic carbocycles. The van der Waals surface area contributed by atoms with E-state index in [4.69, 9.17) is 91.7 Å². The van der Waals surface area contributed by atoms with Gasteiger partial charge in [-0.2, -0.15) is 26.3 Å². The zero-order valence-corrected chi connectivity index (χ0v) is 65.9. The van der Waals surface area contributed by atoms with Crippen LogP contribution in [0.4, 0.5) is 131 Å². The molecule has 0 aliphatic rings. The zero-order chi connectivity index (χ0) is 85.3. The van der Waals surface area contributed by atoms with Gasteiger partial charge in [-0.25, -0.2) is 13.2 Å². The van der Waals surface area contributed by atoms with Gasteiger partial charge in [-0.1, -0.05) is 27.7 Å². The molecule has 8 aromatic rings. The first-order valence-electron chi connectivity index (χ1n) is 34.1. The maximum absolute atomic E-state index is 13.6. The Labute approximate surface area is 633 Å². The lowest BCUT2D eigenvalue weighted by Crippen LogP contribution is -2.35. The summed E-state index contributed by atoms with van der Waals surface area (Å²) in [6.07, 6.45) is -9.25. The third kappa shape index (κ3) is 25.9. The number of hydrogen-bond acceptors (Lipinski definition) is 20. The van der Waals surface area contributed by atoms with E-state index in [1.807, 2.05) is 60.6 Å². The number of carbonyl (C=O) groups is 4. The summed E-state index contributed by atoms with van der Waals surface area (Å²) in [5, 5.41) is 0. The first kappa shape index (κ1) is 95.6. The Balaban J connectivity index is 0.000000624. The molecule has 1 atom stereocenters. The first-order valence-corrected chi connectivity index (χ1v) is 34.1. The molecule has 0 radical (unpaired) electrons. The number of nitrogens with two attached hydrogens (primary N) is 16. The van der Waals surface area contributed by atoms with E-state index in [0.29, 0.717) is 91.7 Å². The number of hydrogen-bond donors (Lipinski definition) is 16. The molecule has 598 valence electrons. The van der Waals surface area contributed by atoms with Crippen LogP contribution in [0.15, 0.2) is 72.8 Å². The van der Waals surface area contributed by atoms with Gasteiger partial charge >= 0.3 is 12.4 Å². The molecule has 0 heterocycles. The van der Waals surface area contributed by atoms with Crippen molar-refractivity contribution in [1.29, 1.82) is 0 Å². The van der Waals surface area contributed by atoms with Crippen LogP contribution in [0.3, 0.4) is 0 Å². The SMILES string of the molecule is CC(=O)c1c(C)c(N)c(C)c(N)c1C.CC(=O)c1cc(N)c(C)c(N)c1.CCc1c(C)c(N)c(C)c(N)c1C.CCc1c(N)cc(C(C)=O)cc1N.Cc1c(N)cc(C(=O)CC(F)(F)F)cc1N.Cc1c(N)cc(C(C)(F)C(F)(F)F)cc1N.Cc1c(N)cc(C(C)(F)F)cc1N.Cc1c(N)cc(C(C)C)cc1N. The standard InChI is InChI=1S/C11H16N2O.C11H18N2.C10H12F4N2.C10H11F3N2O.C10H14N2O.C10H16N2.C9H12F2N2.C9H12N2O/c1-5-9(8(4)14)6(2)11(13)7(3)10(5)12;1-5-9-6(2)10(12)8(4)11(13)7(9)3;1-5-7(15)3-6(4-8(5)16)9(2,11)10(12,13)14;1-5-7(14)2-6(3-8(5)15)9(16)4-10(11,12)13;1-3-8-9(11)4-7(6(2)13)5-10(8)12;1-6(2)8-4-9(11)7(3)10(12)5-8;1-5-7(12)3-6(4-8(5)13)9(2,10)11;1-5-8(10)3-7(6(2)12)4-9(5)11/h12-13H2,1-4H3;5,12-13H2,1-4H3;3-4H,15-16H2,1-2H3;2-3H,4,14-15H2,1H3;4-5H,3,11-12H2,1-2H3;4-6H,11-12H2,1-3H3;3-4H,12-13H2,1-2H3;3-4H,10-11H2,1-2H3. The third-order valence-corrected chi connectivity index (χ3v) is 18.5. The average molecular weight is 1530 g/mol. The fourth-order valence-electron chi connectivity index (χ4n) is 10.5. The molecule has 0 aromatic heterocycles. The molecule has 0 aliphatic heterocycles.